The van der Waals surface area contributed by atoms with Gasteiger partial charge in [0.1, 0.15) is 11.5 Å². The fourth-order valence-electron chi connectivity index (χ4n) is 2.69. The maximum absolute atomic E-state index is 12.3. The van der Waals surface area contributed by atoms with Crippen LogP contribution in [0.25, 0.3) is 0 Å². The molecule has 5 nitrogen and oxygen atoms in total. The molecule has 0 atom stereocenters. The number of benzene rings is 1. The maximum Gasteiger partial charge on any atom is 0.251 e. The van der Waals surface area contributed by atoms with E-state index in [0.717, 1.165) is 43.5 Å². The minimum Gasteiger partial charge on any atom is -0.466 e. The van der Waals surface area contributed by atoms with Crippen molar-refractivity contribution >= 4 is 11.6 Å². The van der Waals surface area contributed by atoms with Crippen LogP contribution in [0.4, 0.5) is 5.69 Å². The van der Waals surface area contributed by atoms with E-state index in [2.05, 4.69) is 10.2 Å². The Morgan fingerprint density at radius 2 is 2.04 bits per heavy atom. The second-order valence-electron chi connectivity index (χ2n) is 5.67. The van der Waals surface area contributed by atoms with Crippen molar-refractivity contribution in [2.24, 2.45) is 0 Å². The number of nitrogens with one attached hydrogen (secondary N) is 1. The van der Waals surface area contributed by atoms with E-state index in [9.17, 15) is 4.79 Å². The van der Waals surface area contributed by atoms with E-state index < -0.39 is 0 Å². The third kappa shape index (κ3) is 4.13. The van der Waals surface area contributed by atoms with E-state index in [0.29, 0.717) is 18.5 Å². The lowest BCUT2D eigenvalue weighted by atomic mass is 10.1. The topological polar surface area (TPSA) is 54.7 Å². The Bertz CT molecular complexity index is 660. The quantitative estimate of drug-likeness (QED) is 0.921. The van der Waals surface area contributed by atoms with Crippen LogP contribution >= 0.6 is 0 Å². The molecule has 1 saturated heterocycles. The summed E-state index contributed by atoms with van der Waals surface area (Å²) in [5.74, 6) is 1.73. The molecular weight excluding hydrogens is 292 g/mol. The number of aryl methyl sites for hydroxylation is 1. The van der Waals surface area contributed by atoms with E-state index in [-0.39, 0.29) is 5.91 Å². The van der Waals surface area contributed by atoms with Gasteiger partial charge in [-0.3, -0.25) is 4.79 Å². The summed E-state index contributed by atoms with van der Waals surface area (Å²) in [5, 5.41) is 2.94. The Morgan fingerprint density at radius 3 is 2.78 bits per heavy atom. The third-order valence-electron chi connectivity index (χ3n) is 3.94. The molecule has 0 radical (unpaired) electrons. The van der Waals surface area contributed by atoms with Crippen LogP contribution in [0.1, 0.15) is 21.9 Å². The zero-order valence-corrected chi connectivity index (χ0v) is 13.4. The number of nitrogens with zero attached hydrogens (tertiary/aromatic N) is 1. The Kier molecular flexibility index (Phi) is 4.98. The average Bonchev–Trinajstić information content (AvgIpc) is 3.01. The van der Waals surface area contributed by atoms with Gasteiger partial charge in [0.25, 0.3) is 5.91 Å². The second-order valence-corrected chi connectivity index (χ2v) is 5.67. The Labute approximate surface area is 136 Å². The van der Waals surface area contributed by atoms with Gasteiger partial charge < -0.3 is 19.4 Å². The van der Waals surface area contributed by atoms with E-state index in [1.165, 1.54) is 0 Å². The minimum atomic E-state index is -0.0524. The summed E-state index contributed by atoms with van der Waals surface area (Å²) in [6, 6.07) is 11.6. The molecule has 122 valence electrons. The molecule has 0 saturated carbocycles. The van der Waals surface area contributed by atoms with Crippen LogP contribution in [0.2, 0.25) is 0 Å². The lowest BCUT2D eigenvalue weighted by Gasteiger charge is -2.29. The predicted octanol–water partition coefficient (Wildman–Crippen LogP) is 2.40. The fraction of sp³-hybridized carbons (Fsp3) is 0.389. The number of morpholine rings is 1. The van der Waals surface area contributed by atoms with Gasteiger partial charge in [-0.05, 0) is 37.3 Å². The standard InChI is InChI=1S/C18H22N2O3/c1-14-5-6-17(23-14)7-8-19-18(21)15-3-2-4-16(13-15)20-9-11-22-12-10-20/h2-6,13H,7-12H2,1H3,(H,19,21). The molecule has 2 aromatic rings. The van der Waals surface area contributed by atoms with Crippen molar-refractivity contribution in [1.29, 1.82) is 0 Å². The molecule has 5 heteroatoms. The number of hydrogen-bond donors (Lipinski definition) is 1. The highest BCUT2D eigenvalue weighted by Gasteiger charge is 2.13. The summed E-state index contributed by atoms with van der Waals surface area (Å²) in [5.41, 5.74) is 1.76. The molecule has 1 aromatic carbocycles. The van der Waals surface area contributed by atoms with Gasteiger partial charge in [0.2, 0.25) is 0 Å². The number of hydrogen-bond acceptors (Lipinski definition) is 4. The van der Waals surface area contributed by atoms with Crippen molar-refractivity contribution in [3.8, 4) is 0 Å². The maximum atomic E-state index is 12.3. The van der Waals surface area contributed by atoms with Crippen LogP contribution < -0.4 is 10.2 Å². The molecule has 3 rings (SSSR count). The minimum absolute atomic E-state index is 0.0524. The van der Waals surface area contributed by atoms with Gasteiger partial charge in [-0.25, -0.2) is 0 Å². The highest BCUT2D eigenvalue weighted by molar-refractivity contribution is 5.95. The average molecular weight is 314 g/mol. The van der Waals surface area contributed by atoms with Crippen molar-refractivity contribution in [2.75, 3.05) is 37.7 Å². The monoisotopic (exact) mass is 314 g/mol. The van der Waals surface area contributed by atoms with Gasteiger partial charge in [0.05, 0.1) is 13.2 Å². The van der Waals surface area contributed by atoms with Crippen LogP contribution in [0.15, 0.2) is 40.8 Å². The van der Waals surface area contributed by atoms with Gasteiger partial charge in [0, 0.05) is 37.3 Å². The normalized spacial score (nSPS) is 14.7. The first-order chi connectivity index (χ1) is 11.2. The lowest BCUT2D eigenvalue weighted by Crippen LogP contribution is -2.36. The van der Waals surface area contributed by atoms with E-state index >= 15 is 0 Å². The lowest BCUT2D eigenvalue weighted by molar-refractivity contribution is 0.0953. The first kappa shape index (κ1) is 15.6. The molecule has 0 bridgehead atoms. The van der Waals surface area contributed by atoms with Crippen molar-refractivity contribution in [1.82, 2.24) is 5.32 Å². The Hall–Kier alpha value is -2.27. The molecule has 0 unspecified atom stereocenters. The molecule has 23 heavy (non-hydrogen) atoms. The van der Waals surface area contributed by atoms with Crippen molar-refractivity contribution in [3.05, 3.63) is 53.5 Å². The number of amides is 1. The summed E-state index contributed by atoms with van der Waals surface area (Å²) in [4.78, 5) is 14.5. The molecular formula is C18H22N2O3. The number of carbonyl (C=O) groups is 1. The zero-order valence-electron chi connectivity index (χ0n) is 13.4. The summed E-state index contributed by atoms with van der Waals surface area (Å²) in [6.45, 7) is 5.68. The summed E-state index contributed by atoms with van der Waals surface area (Å²) >= 11 is 0. The van der Waals surface area contributed by atoms with E-state index in [1.54, 1.807) is 0 Å². The Balaban J connectivity index is 1.56. The molecule has 1 fully saturated rings. The van der Waals surface area contributed by atoms with Crippen molar-refractivity contribution < 1.29 is 13.9 Å². The molecule has 1 aromatic heterocycles. The van der Waals surface area contributed by atoms with Crippen LogP contribution in [0, 0.1) is 6.92 Å². The molecule has 1 N–H and O–H groups in total. The number of furan rings is 1. The van der Waals surface area contributed by atoms with Gasteiger partial charge in [-0.1, -0.05) is 6.07 Å². The highest BCUT2D eigenvalue weighted by atomic mass is 16.5. The number of anilines is 1. The molecule has 0 aliphatic carbocycles. The van der Waals surface area contributed by atoms with E-state index in [1.807, 2.05) is 43.3 Å². The predicted molar refractivity (Wildman–Crippen MR) is 89.0 cm³/mol. The van der Waals surface area contributed by atoms with Crippen LogP contribution in [0.3, 0.4) is 0 Å². The fourth-order valence-corrected chi connectivity index (χ4v) is 2.69. The molecule has 2 heterocycles. The summed E-state index contributed by atoms with van der Waals surface area (Å²) < 4.78 is 10.9. The van der Waals surface area contributed by atoms with E-state index in [4.69, 9.17) is 9.15 Å². The molecule has 0 spiro atoms. The van der Waals surface area contributed by atoms with Crippen LogP contribution in [-0.2, 0) is 11.2 Å². The SMILES string of the molecule is Cc1ccc(CCNC(=O)c2cccc(N3CCOCC3)c2)o1. The number of ether oxygens (including phenoxy) is 1. The first-order valence-corrected chi connectivity index (χ1v) is 7.98. The number of rotatable bonds is 5. The molecule has 1 amide bonds. The van der Waals surface area contributed by atoms with Gasteiger partial charge >= 0.3 is 0 Å². The first-order valence-electron chi connectivity index (χ1n) is 7.98. The Morgan fingerprint density at radius 1 is 1.22 bits per heavy atom. The van der Waals surface area contributed by atoms with Gasteiger partial charge in [0.15, 0.2) is 0 Å². The smallest absolute Gasteiger partial charge is 0.251 e. The van der Waals surface area contributed by atoms with Gasteiger partial charge in [-0.2, -0.15) is 0 Å². The van der Waals surface area contributed by atoms with Gasteiger partial charge in [-0.15, -0.1) is 0 Å². The molecule has 1 aliphatic heterocycles. The third-order valence-corrected chi connectivity index (χ3v) is 3.94. The summed E-state index contributed by atoms with van der Waals surface area (Å²) in [6.07, 6.45) is 0.697. The second kappa shape index (κ2) is 7.33. The molecule has 1 aliphatic rings. The highest BCUT2D eigenvalue weighted by Crippen LogP contribution is 2.17. The van der Waals surface area contributed by atoms with Crippen LogP contribution in [-0.4, -0.2) is 38.8 Å². The summed E-state index contributed by atoms with van der Waals surface area (Å²) in [7, 11) is 0. The van der Waals surface area contributed by atoms with Crippen LogP contribution in [0.5, 0.6) is 0 Å². The van der Waals surface area contributed by atoms with Crippen molar-refractivity contribution in [2.45, 2.75) is 13.3 Å². The van der Waals surface area contributed by atoms with Crippen molar-refractivity contribution in [3.63, 3.8) is 0 Å². The zero-order chi connectivity index (χ0) is 16.1. The number of carbonyl (C=O) groups excluding carboxylic acids is 1. The largest absolute Gasteiger partial charge is 0.466 e.